The highest BCUT2D eigenvalue weighted by Crippen LogP contribution is 2.34. The van der Waals surface area contributed by atoms with E-state index in [1.807, 2.05) is 0 Å². The van der Waals surface area contributed by atoms with E-state index in [1.54, 1.807) is 7.11 Å². The number of likely N-dealkylation sites (N-methyl/N-ethyl adjacent to an activating group) is 1. The molecule has 4 nitrogen and oxygen atoms in total. The minimum atomic E-state index is 0.633. The first-order valence-corrected chi connectivity index (χ1v) is 6.94. The van der Waals surface area contributed by atoms with Gasteiger partial charge in [0.1, 0.15) is 5.75 Å². The number of nitrogen functional groups attached to an aromatic ring is 1. The molecule has 0 amide bonds. The smallest absolute Gasteiger partial charge is 0.143 e. The Hall–Kier alpha value is -1.42. The summed E-state index contributed by atoms with van der Waals surface area (Å²) in [5.41, 5.74) is 9.31. The van der Waals surface area contributed by atoms with E-state index in [2.05, 4.69) is 43.0 Å². The molecule has 0 bridgehead atoms. The first kappa shape index (κ1) is 14.0. The SMILES string of the molecule is CCc1cc(N)c(OC)cc1N1CCC(N(C)C)C1. The highest BCUT2D eigenvalue weighted by Gasteiger charge is 2.25. The Morgan fingerprint density at radius 2 is 2.16 bits per heavy atom. The molecule has 1 heterocycles. The molecule has 1 aliphatic rings. The number of ether oxygens (including phenoxy) is 1. The molecule has 1 atom stereocenters. The number of methoxy groups -OCH3 is 1. The van der Waals surface area contributed by atoms with E-state index in [0.29, 0.717) is 6.04 Å². The molecule has 0 spiro atoms. The average molecular weight is 263 g/mol. The Bertz CT molecular complexity index is 445. The van der Waals surface area contributed by atoms with Crippen LogP contribution in [-0.4, -0.2) is 45.2 Å². The van der Waals surface area contributed by atoms with E-state index in [-0.39, 0.29) is 0 Å². The lowest BCUT2D eigenvalue weighted by atomic mass is 10.1. The van der Waals surface area contributed by atoms with Crippen molar-refractivity contribution < 1.29 is 4.74 Å². The lowest BCUT2D eigenvalue weighted by molar-refractivity contribution is 0.315. The summed E-state index contributed by atoms with van der Waals surface area (Å²) in [6.07, 6.45) is 2.20. The lowest BCUT2D eigenvalue weighted by Crippen LogP contribution is -2.31. The number of nitrogens with two attached hydrogens (primary N) is 1. The number of aryl methyl sites for hydroxylation is 1. The number of hydrogen-bond acceptors (Lipinski definition) is 4. The van der Waals surface area contributed by atoms with Gasteiger partial charge in [0.2, 0.25) is 0 Å². The Kier molecular flexibility index (Phi) is 4.20. The van der Waals surface area contributed by atoms with Gasteiger partial charge in [0.25, 0.3) is 0 Å². The van der Waals surface area contributed by atoms with E-state index in [1.165, 1.54) is 17.7 Å². The molecule has 2 rings (SSSR count). The third kappa shape index (κ3) is 2.78. The molecule has 1 unspecified atom stereocenters. The van der Waals surface area contributed by atoms with Crippen LogP contribution < -0.4 is 15.4 Å². The third-order valence-electron chi connectivity index (χ3n) is 4.05. The molecule has 1 aliphatic heterocycles. The van der Waals surface area contributed by atoms with Crippen LogP contribution in [-0.2, 0) is 6.42 Å². The van der Waals surface area contributed by atoms with Crippen molar-refractivity contribution in [2.24, 2.45) is 0 Å². The topological polar surface area (TPSA) is 41.7 Å². The summed E-state index contributed by atoms with van der Waals surface area (Å²) in [7, 11) is 5.98. The standard InChI is InChI=1S/C15H25N3O/c1-5-11-8-13(16)15(19-4)9-14(11)18-7-6-12(10-18)17(2)3/h8-9,12H,5-7,10,16H2,1-4H3. The minimum Gasteiger partial charge on any atom is -0.495 e. The Morgan fingerprint density at radius 3 is 2.68 bits per heavy atom. The predicted octanol–water partition coefficient (Wildman–Crippen LogP) is 1.98. The molecule has 0 aliphatic carbocycles. The van der Waals surface area contributed by atoms with Gasteiger partial charge in [-0.25, -0.2) is 0 Å². The summed E-state index contributed by atoms with van der Waals surface area (Å²) >= 11 is 0. The van der Waals surface area contributed by atoms with Crippen LogP contribution in [0.1, 0.15) is 18.9 Å². The van der Waals surface area contributed by atoms with Crippen LogP contribution in [0.4, 0.5) is 11.4 Å². The van der Waals surface area contributed by atoms with Crippen molar-refractivity contribution in [1.82, 2.24) is 4.90 Å². The fraction of sp³-hybridized carbons (Fsp3) is 0.600. The molecule has 0 aromatic heterocycles. The summed E-state index contributed by atoms with van der Waals surface area (Å²) in [5.74, 6) is 0.778. The van der Waals surface area contributed by atoms with Gasteiger partial charge in [-0.1, -0.05) is 6.92 Å². The van der Waals surface area contributed by atoms with Gasteiger partial charge in [-0.2, -0.15) is 0 Å². The van der Waals surface area contributed by atoms with Gasteiger partial charge >= 0.3 is 0 Å². The Labute approximate surface area is 116 Å². The fourth-order valence-corrected chi connectivity index (χ4v) is 2.77. The third-order valence-corrected chi connectivity index (χ3v) is 4.05. The van der Waals surface area contributed by atoms with E-state index < -0.39 is 0 Å². The normalized spacial score (nSPS) is 19.2. The summed E-state index contributed by atoms with van der Waals surface area (Å²) < 4.78 is 5.36. The van der Waals surface area contributed by atoms with Crippen LogP contribution in [0.2, 0.25) is 0 Å². The zero-order chi connectivity index (χ0) is 14.0. The molecular formula is C15H25N3O. The highest BCUT2D eigenvalue weighted by atomic mass is 16.5. The molecule has 1 fully saturated rings. The molecule has 4 heteroatoms. The van der Waals surface area contributed by atoms with Crippen molar-refractivity contribution in [2.45, 2.75) is 25.8 Å². The first-order valence-electron chi connectivity index (χ1n) is 6.94. The zero-order valence-electron chi connectivity index (χ0n) is 12.4. The maximum atomic E-state index is 6.00. The molecule has 0 radical (unpaired) electrons. The van der Waals surface area contributed by atoms with Gasteiger partial charge in [0.15, 0.2) is 0 Å². The van der Waals surface area contributed by atoms with Gasteiger partial charge in [0, 0.05) is 30.9 Å². The van der Waals surface area contributed by atoms with Crippen LogP contribution in [0.5, 0.6) is 5.75 Å². The largest absolute Gasteiger partial charge is 0.495 e. The van der Waals surface area contributed by atoms with Crippen LogP contribution in [0, 0.1) is 0 Å². The van der Waals surface area contributed by atoms with Crippen molar-refractivity contribution in [1.29, 1.82) is 0 Å². The molecule has 1 aromatic carbocycles. The van der Waals surface area contributed by atoms with Gasteiger partial charge in [-0.05, 0) is 38.6 Å². The predicted molar refractivity (Wildman–Crippen MR) is 81.1 cm³/mol. The minimum absolute atomic E-state index is 0.633. The maximum Gasteiger partial charge on any atom is 0.143 e. The van der Waals surface area contributed by atoms with Crippen LogP contribution in [0.3, 0.4) is 0 Å². The van der Waals surface area contributed by atoms with Crippen molar-refractivity contribution in [3.63, 3.8) is 0 Å². The summed E-state index contributed by atoms with van der Waals surface area (Å²) in [6.45, 7) is 4.35. The van der Waals surface area contributed by atoms with Gasteiger partial charge < -0.3 is 20.3 Å². The lowest BCUT2D eigenvalue weighted by Gasteiger charge is -2.25. The molecule has 19 heavy (non-hydrogen) atoms. The second kappa shape index (κ2) is 5.70. The van der Waals surface area contributed by atoms with E-state index >= 15 is 0 Å². The first-order chi connectivity index (χ1) is 9.06. The van der Waals surface area contributed by atoms with Crippen molar-refractivity contribution >= 4 is 11.4 Å². The number of benzene rings is 1. The zero-order valence-corrected chi connectivity index (χ0v) is 12.4. The summed E-state index contributed by atoms with van der Waals surface area (Å²) in [5, 5.41) is 0. The number of nitrogens with zero attached hydrogens (tertiary/aromatic N) is 2. The van der Waals surface area contributed by atoms with Gasteiger partial charge in [0.05, 0.1) is 12.8 Å². The molecule has 2 N–H and O–H groups in total. The number of hydrogen-bond donors (Lipinski definition) is 1. The van der Waals surface area contributed by atoms with Crippen molar-refractivity contribution in [3.05, 3.63) is 17.7 Å². The fourth-order valence-electron chi connectivity index (χ4n) is 2.77. The summed E-state index contributed by atoms with van der Waals surface area (Å²) in [6, 6.07) is 4.77. The average Bonchev–Trinajstić information content (AvgIpc) is 2.88. The monoisotopic (exact) mass is 263 g/mol. The van der Waals surface area contributed by atoms with Gasteiger partial charge in [-0.3, -0.25) is 0 Å². The van der Waals surface area contributed by atoms with Crippen molar-refractivity contribution in [2.75, 3.05) is 44.9 Å². The highest BCUT2D eigenvalue weighted by molar-refractivity contribution is 5.67. The van der Waals surface area contributed by atoms with Crippen LogP contribution in [0.15, 0.2) is 12.1 Å². The molecule has 1 saturated heterocycles. The second-order valence-corrected chi connectivity index (χ2v) is 5.43. The summed E-state index contributed by atoms with van der Waals surface area (Å²) in [4.78, 5) is 4.76. The van der Waals surface area contributed by atoms with E-state index in [4.69, 9.17) is 10.5 Å². The number of rotatable bonds is 4. The maximum absolute atomic E-state index is 6.00. The van der Waals surface area contributed by atoms with Crippen LogP contribution in [0.25, 0.3) is 0 Å². The van der Waals surface area contributed by atoms with Crippen molar-refractivity contribution in [3.8, 4) is 5.75 Å². The molecule has 1 aromatic rings. The van der Waals surface area contributed by atoms with E-state index in [9.17, 15) is 0 Å². The van der Waals surface area contributed by atoms with E-state index in [0.717, 1.165) is 30.9 Å². The Balaban J connectivity index is 2.29. The van der Waals surface area contributed by atoms with Gasteiger partial charge in [-0.15, -0.1) is 0 Å². The second-order valence-electron chi connectivity index (χ2n) is 5.43. The molecule has 0 saturated carbocycles. The van der Waals surface area contributed by atoms with Crippen LogP contribution >= 0.6 is 0 Å². The number of anilines is 2. The molecule has 106 valence electrons. The quantitative estimate of drug-likeness (QED) is 0.844. The Morgan fingerprint density at radius 1 is 1.42 bits per heavy atom. The molecular weight excluding hydrogens is 238 g/mol.